The van der Waals surface area contributed by atoms with Crippen LogP contribution in [0.2, 0.25) is 0 Å². The predicted molar refractivity (Wildman–Crippen MR) is 79.8 cm³/mol. The maximum absolute atomic E-state index is 12.2. The summed E-state index contributed by atoms with van der Waals surface area (Å²) in [5, 5.41) is 2.84. The van der Waals surface area contributed by atoms with Crippen molar-refractivity contribution >= 4 is 11.7 Å². The lowest BCUT2D eigenvalue weighted by atomic mass is 10.1. The number of nitrogens with zero attached hydrogens (tertiary/aromatic N) is 2. The Morgan fingerprint density at radius 1 is 1.23 bits per heavy atom. The molecule has 1 aromatic heterocycles. The van der Waals surface area contributed by atoms with E-state index < -0.39 is 0 Å². The lowest BCUT2D eigenvalue weighted by Crippen LogP contribution is -2.28. The van der Waals surface area contributed by atoms with Crippen LogP contribution in [0.5, 0.6) is 11.5 Å². The minimum atomic E-state index is -0.368. The first-order valence-electron chi connectivity index (χ1n) is 6.92. The topological polar surface area (TPSA) is 99.4 Å². The average molecular weight is 300 g/mol. The van der Waals surface area contributed by atoms with Gasteiger partial charge in [-0.25, -0.2) is 9.97 Å². The first-order chi connectivity index (χ1) is 10.6. The lowest BCUT2D eigenvalue weighted by molar-refractivity contribution is 0.0935. The van der Waals surface area contributed by atoms with Crippen molar-refractivity contribution in [3.05, 3.63) is 41.9 Å². The molecule has 0 unspecified atom stereocenters. The Hall–Kier alpha value is -2.83. The van der Waals surface area contributed by atoms with E-state index in [0.29, 0.717) is 24.7 Å². The van der Waals surface area contributed by atoms with Crippen molar-refractivity contribution in [2.45, 2.75) is 13.0 Å². The number of nitrogens with one attached hydrogen (secondary N) is 1. The molecule has 7 heteroatoms. The standard InChI is InChI=1S/C15H16N4O3/c1-9(19-15(20)13-14(16)18-5-4-17-13)10-2-3-11-12(8-10)22-7-6-21-11/h2-5,8-9H,6-7H2,1H3,(H2,16,18)(H,19,20)/t9-/m1/s1. The fourth-order valence-corrected chi connectivity index (χ4v) is 2.20. The van der Waals surface area contributed by atoms with Gasteiger partial charge in [0.2, 0.25) is 0 Å². The fourth-order valence-electron chi connectivity index (χ4n) is 2.20. The molecule has 2 heterocycles. The summed E-state index contributed by atoms with van der Waals surface area (Å²) in [6.45, 7) is 2.94. The normalized spacial score (nSPS) is 14.2. The van der Waals surface area contributed by atoms with Gasteiger partial charge in [-0.05, 0) is 24.6 Å². The Labute approximate surface area is 127 Å². The molecular formula is C15H16N4O3. The average Bonchev–Trinajstić information content (AvgIpc) is 2.54. The van der Waals surface area contributed by atoms with E-state index in [-0.39, 0.29) is 23.5 Å². The molecule has 0 bridgehead atoms. The summed E-state index contributed by atoms with van der Waals surface area (Å²) in [5.74, 6) is 1.14. The summed E-state index contributed by atoms with van der Waals surface area (Å²) >= 11 is 0. The van der Waals surface area contributed by atoms with Crippen LogP contribution in [-0.4, -0.2) is 29.1 Å². The second kappa shape index (κ2) is 5.88. The molecule has 0 aliphatic carbocycles. The second-order valence-electron chi connectivity index (χ2n) is 4.89. The van der Waals surface area contributed by atoms with Crippen molar-refractivity contribution < 1.29 is 14.3 Å². The van der Waals surface area contributed by atoms with Gasteiger partial charge in [0.15, 0.2) is 23.0 Å². The van der Waals surface area contributed by atoms with Crippen LogP contribution in [0.15, 0.2) is 30.6 Å². The number of hydrogen-bond donors (Lipinski definition) is 2. The summed E-state index contributed by atoms with van der Waals surface area (Å²) in [4.78, 5) is 20.0. The number of carbonyl (C=O) groups is 1. The number of carbonyl (C=O) groups excluding carboxylic acids is 1. The number of rotatable bonds is 3. The molecule has 3 N–H and O–H groups in total. The Bertz CT molecular complexity index is 705. The third kappa shape index (κ3) is 2.78. The highest BCUT2D eigenvalue weighted by atomic mass is 16.6. The smallest absolute Gasteiger partial charge is 0.274 e. The van der Waals surface area contributed by atoms with Gasteiger partial charge in [-0.2, -0.15) is 0 Å². The van der Waals surface area contributed by atoms with E-state index in [9.17, 15) is 4.79 Å². The van der Waals surface area contributed by atoms with Crippen molar-refractivity contribution in [3.8, 4) is 11.5 Å². The Morgan fingerprint density at radius 3 is 2.73 bits per heavy atom. The highest BCUT2D eigenvalue weighted by Gasteiger charge is 2.18. The van der Waals surface area contributed by atoms with Gasteiger partial charge in [0.25, 0.3) is 5.91 Å². The van der Waals surface area contributed by atoms with Crippen molar-refractivity contribution in [2.75, 3.05) is 18.9 Å². The largest absolute Gasteiger partial charge is 0.486 e. The van der Waals surface area contributed by atoms with Gasteiger partial charge in [-0.3, -0.25) is 4.79 Å². The SMILES string of the molecule is C[C@@H](NC(=O)c1nccnc1N)c1ccc2c(c1)OCCO2. The summed E-state index contributed by atoms with van der Waals surface area (Å²) in [5.41, 5.74) is 6.68. The summed E-state index contributed by atoms with van der Waals surface area (Å²) < 4.78 is 11.0. The van der Waals surface area contributed by atoms with E-state index in [2.05, 4.69) is 15.3 Å². The first-order valence-corrected chi connectivity index (χ1v) is 6.92. The molecule has 3 rings (SSSR count). The molecule has 0 saturated carbocycles. The molecule has 1 aliphatic rings. The molecule has 0 radical (unpaired) electrons. The number of fused-ring (bicyclic) bond motifs is 1. The molecule has 22 heavy (non-hydrogen) atoms. The Kier molecular flexibility index (Phi) is 3.78. The fraction of sp³-hybridized carbons (Fsp3) is 0.267. The highest BCUT2D eigenvalue weighted by molar-refractivity contribution is 5.96. The van der Waals surface area contributed by atoms with Gasteiger partial charge in [0.05, 0.1) is 6.04 Å². The van der Waals surface area contributed by atoms with Crippen LogP contribution < -0.4 is 20.5 Å². The van der Waals surface area contributed by atoms with E-state index in [1.807, 2.05) is 25.1 Å². The maximum Gasteiger partial charge on any atom is 0.274 e. The molecule has 2 aromatic rings. The number of aromatic nitrogens is 2. The van der Waals surface area contributed by atoms with Crippen molar-refractivity contribution in [1.82, 2.24) is 15.3 Å². The number of hydrogen-bond acceptors (Lipinski definition) is 6. The van der Waals surface area contributed by atoms with Crippen LogP contribution in [0, 0.1) is 0 Å². The quantitative estimate of drug-likeness (QED) is 0.887. The Balaban J connectivity index is 1.76. The number of benzene rings is 1. The molecule has 1 amide bonds. The highest BCUT2D eigenvalue weighted by Crippen LogP contribution is 2.32. The van der Waals surface area contributed by atoms with Gasteiger partial charge >= 0.3 is 0 Å². The van der Waals surface area contributed by atoms with E-state index in [4.69, 9.17) is 15.2 Å². The van der Waals surface area contributed by atoms with Crippen molar-refractivity contribution in [1.29, 1.82) is 0 Å². The third-order valence-corrected chi connectivity index (χ3v) is 3.36. The van der Waals surface area contributed by atoms with Gasteiger partial charge in [0.1, 0.15) is 13.2 Å². The van der Waals surface area contributed by atoms with Crippen LogP contribution in [-0.2, 0) is 0 Å². The van der Waals surface area contributed by atoms with Crippen LogP contribution in [0.25, 0.3) is 0 Å². The third-order valence-electron chi connectivity index (χ3n) is 3.36. The molecule has 1 atom stereocenters. The number of ether oxygens (including phenoxy) is 2. The number of amides is 1. The molecule has 1 aromatic carbocycles. The lowest BCUT2D eigenvalue weighted by Gasteiger charge is -2.21. The second-order valence-corrected chi connectivity index (χ2v) is 4.89. The predicted octanol–water partition coefficient (Wildman–Crippen LogP) is 1.32. The number of nitrogens with two attached hydrogens (primary N) is 1. The van der Waals surface area contributed by atoms with Gasteiger partial charge in [-0.15, -0.1) is 0 Å². The van der Waals surface area contributed by atoms with E-state index in [0.717, 1.165) is 5.56 Å². The molecule has 0 spiro atoms. The monoisotopic (exact) mass is 300 g/mol. The summed E-state index contributed by atoms with van der Waals surface area (Å²) in [7, 11) is 0. The maximum atomic E-state index is 12.2. The zero-order chi connectivity index (χ0) is 15.5. The Morgan fingerprint density at radius 2 is 1.95 bits per heavy atom. The molecule has 0 fully saturated rings. The van der Waals surface area contributed by atoms with Crippen LogP contribution in [0.3, 0.4) is 0 Å². The van der Waals surface area contributed by atoms with Crippen LogP contribution in [0.4, 0.5) is 5.82 Å². The van der Waals surface area contributed by atoms with Crippen molar-refractivity contribution in [2.24, 2.45) is 0 Å². The van der Waals surface area contributed by atoms with E-state index in [1.54, 1.807) is 0 Å². The minimum Gasteiger partial charge on any atom is -0.486 e. The summed E-state index contributed by atoms with van der Waals surface area (Å²) in [6.07, 6.45) is 2.87. The van der Waals surface area contributed by atoms with Crippen LogP contribution in [0.1, 0.15) is 29.0 Å². The molecule has 7 nitrogen and oxygen atoms in total. The van der Waals surface area contributed by atoms with Crippen molar-refractivity contribution in [3.63, 3.8) is 0 Å². The molecule has 114 valence electrons. The minimum absolute atomic E-state index is 0.106. The van der Waals surface area contributed by atoms with E-state index >= 15 is 0 Å². The van der Waals surface area contributed by atoms with Gasteiger partial charge < -0.3 is 20.5 Å². The molecule has 1 aliphatic heterocycles. The summed E-state index contributed by atoms with van der Waals surface area (Å²) in [6, 6.07) is 5.35. The molecule has 0 saturated heterocycles. The van der Waals surface area contributed by atoms with Crippen LogP contribution >= 0.6 is 0 Å². The zero-order valence-electron chi connectivity index (χ0n) is 12.1. The van der Waals surface area contributed by atoms with Gasteiger partial charge in [-0.1, -0.05) is 6.07 Å². The molecular weight excluding hydrogens is 284 g/mol. The van der Waals surface area contributed by atoms with E-state index in [1.165, 1.54) is 12.4 Å². The first kappa shape index (κ1) is 14.1. The number of anilines is 1. The van der Waals surface area contributed by atoms with Gasteiger partial charge in [0, 0.05) is 12.4 Å². The zero-order valence-corrected chi connectivity index (χ0v) is 12.1. The number of nitrogen functional groups attached to an aromatic ring is 1.